The Morgan fingerprint density at radius 2 is 1.80 bits per heavy atom. The Hall–Kier alpha value is -1.88. The number of fused-ring (bicyclic) bond motifs is 1. The molecule has 0 unspecified atom stereocenters. The van der Waals surface area contributed by atoms with Crippen molar-refractivity contribution in [3.63, 3.8) is 0 Å². The van der Waals surface area contributed by atoms with Crippen molar-refractivity contribution in [2.75, 3.05) is 5.73 Å². The van der Waals surface area contributed by atoms with Crippen LogP contribution in [0.25, 0.3) is 11.3 Å². The minimum Gasteiger partial charge on any atom is -0.448 e. The van der Waals surface area contributed by atoms with E-state index in [1.165, 1.54) is 0 Å². The van der Waals surface area contributed by atoms with Gasteiger partial charge in [0.15, 0.2) is 11.5 Å². The summed E-state index contributed by atoms with van der Waals surface area (Å²) in [5, 5.41) is 4.42. The van der Waals surface area contributed by atoms with Gasteiger partial charge in [-0.15, -0.1) is 0 Å². The predicted molar refractivity (Wildman–Crippen MR) is 73.8 cm³/mol. The van der Waals surface area contributed by atoms with E-state index in [4.69, 9.17) is 31.3 Å². The number of aromatic nitrogens is 1. The second kappa shape index (κ2) is 4.06. The van der Waals surface area contributed by atoms with Crippen molar-refractivity contribution in [2.24, 2.45) is 0 Å². The molecule has 1 aliphatic heterocycles. The third-order valence-corrected chi connectivity index (χ3v) is 4.11. The fourth-order valence-corrected chi connectivity index (χ4v) is 3.10. The Bertz CT molecular complexity index is 677. The smallest absolute Gasteiger partial charge is 0.251 e. The summed E-state index contributed by atoms with van der Waals surface area (Å²) in [7, 11) is 0. The van der Waals surface area contributed by atoms with Crippen LogP contribution < -0.4 is 15.2 Å². The summed E-state index contributed by atoms with van der Waals surface area (Å²) in [5.41, 5.74) is 6.86. The molecule has 104 valence electrons. The van der Waals surface area contributed by atoms with Crippen LogP contribution in [0.1, 0.15) is 25.7 Å². The van der Waals surface area contributed by atoms with Crippen molar-refractivity contribution in [2.45, 2.75) is 31.5 Å². The van der Waals surface area contributed by atoms with Gasteiger partial charge in [0, 0.05) is 30.5 Å². The van der Waals surface area contributed by atoms with Crippen molar-refractivity contribution in [1.82, 2.24) is 5.16 Å². The van der Waals surface area contributed by atoms with Crippen molar-refractivity contribution < 1.29 is 14.0 Å². The van der Waals surface area contributed by atoms with E-state index in [1.807, 2.05) is 6.07 Å². The lowest BCUT2D eigenvalue weighted by atomic mass is 10.1. The number of hydrogen-bond donors (Lipinski definition) is 1. The molecule has 0 amide bonds. The Kier molecular flexibility index (Phi) is 2.41. The van der Waals surface area contributed by atoms with Crippen LogP contribution in [0.15, 0.2) is 22.7 Å². The number of hydrogen-bond acceptors (Lipinski definition) is 5. The third-order valence-electron chi connectivity index (χ3n) is 3.80. The van der Waals surface area contributed by atoms with Crippen LogP contribution in [-0.4, -0.2) is 10.9 Å². The number of nitrogens with zero attached hydrogens (tertiary/aromatic N) is 1. The van der Waals surface area contributed by atoms with Gasteiger partial charge >= 0.3 is 0 Å². The van der Waals surface area contributed by atoms with Gasteiger partial charge in [-0.3, -0.25) is 0 Å². The largest absolute Gasteiger partial charge is 0.448 e. The molecular weight excluding hydrogens is 280 g/mol. The third kappa shape index (κ3) is 1.73. The highest BCUT2D eigenvalue weighted by molar-refractivity contribution is 6.33. The first-order valence-corrected chi connectivity index (χ1v) is 6.97. The molecule has 2 N–H and O–H groups in total. The number of nitrogen functional groups attached to an aromatic ring is 1. The van der Waals surface area contributed by atoms with Crippen molar-refractivity contribution >= 4 is 17.5 Å². The monoisotopic (exact) mass is 292 g/mol. The van der Waals surface area contributed by atoms with E-state index in [-0.39, 0.29) is 5.88 Å². The normalized spacial score (nSPS) is 18.9. The van der Waals surface area contributed by atoms with Gasteiger partial charge in [0.2, 0.25) is 5.88 Å². The van der Waals surface area contributed by atoms with Gasteiger partial charge < -0.3 is 19.7 Å². The number of halogens is 1. The minimum atomic E-state index is -0.493. The summed E-state index contributed by atoms with van der Waals surface area (Å²) >= 11 is 6.29. The Balaban J connectivity index is 1.75. The fourth-order valence-electron chi connectivity index (χ4n) is 2.85. The van der Waals surface area contributed by atoms with Crippen molar-refractivity contribution in [3.05, 3.63) is 23.2 Å². The molecule has 0 bridgehead atoms. The van der Waals surface area contributed by atoms with Gasteiger partial charge in [-0.05, 0) is 18.9 Å². The Morgan fingerprint density at radius 3 is 2.45 bits per heavy atom. The van der Waals surface area contributed by atoms with E-state index < -0.39 is 5.79 Å². The van der Waals surface area contributed by atoms with Crippen molar-refractivity contribution in [1.29, 1.82) is 0 Å². The predicted octanol–water partition coefficient (Wildman–Crippen LogP) is 3.62. The zero-order valence-electron chi connectivity index (χ0n) is 10.7. The van der Waals surface area contributed by atoms with Crippen LogP contribution in [-0.2, 0) is 0 Å². The Morgan fingerprint density at radius 1 is 1.10 bits per heavy atom. The van der Waals surface area contributed by atoms with Gasteiger partial charge in [0.05, 0.1) is 5.02 Å². The number of ether oxygens (including phenoxy) is 2. The van der Waals surface area contributed by atoms with E-state index in [9.17, 15) is 0 Å². The van der Waals surface area contributed by atoms with Gasteiger partial charge in [-0.25, -0.2) is 0 Å². The lowest BCUT2D eigenvalue weighted by molar-refractivity contribution is -0.0716. The number of rotatable bonds is 1. The molecule has 0 atom stereocenters. The highest BCUT2D eigenvalue weighted by Crippen LogP contribution is 2.49. The van der Waals surface area contributed by atoms with Gasteiger partial charge in [-0.1, -0.05) is 16.8 Å². The molecule has 1 saturated carbocycles. The molecule has 1 aliphatic carbocycles. The molecule has 2 heterocycles. The quantitative estimate of drug-likeness (QED) is 0.869. The highest BCUT2D eigenvalue weighted by atomic mass is 35.5. The molecule has 6 heteroatoms. The van der Waals surface area contributed by atoms with E-state index in [0.717, 1.165) is 31.2 Å². The molecule has 2 aromatic rings. The zero-order valence-corrected chi connectivity index (χ0v) is 11.4. The highest BCUT2D eigenvalue weighted by Gasteiger charge is 2.44. The number of benzene rings is 1. The standard InChI is InChI=1S/C14H13ClN2O3/c15-9-6-12-11(18-14(19-12)3-1-2-4-14)5-8(9)10-7-13(16)20-17-10/h5-7H,1-4,16H2. The average Bonchev–Trinajstić information content (AvgIpc) is 3.10. The van der Waals surface area contributed by atoms with Gasteiger partial charge in [-0.2, -0.15) is 0 Å². The maximum absolute atomic E-state index is 6.29. The summed E-state index contributed by atoms with van der Waals surface area (Å²) in [6.07, 6.45) is 4.06. The molecule has 5 nitrogen and oxygen atoms in total. The van der Waals surface area contributed by atoms with Crippen LogP contribution in [0.4, 0.5) is 5.88 Å². The van der Waals surface area contributed by atoms with Crippen LogP contribution in [0.2, 0.25) is 5.02 Å². The second-order valence-electron chi connectivity index (χ2n) is 5.22. The van der Waals surface area contributed by atoms with Crippen LogP contribution in [0.5, 0.6) is 11.5 Å². The van der Waals surface area contributed by atoms with Gasteiger partial charge in [0.1, 0.15) is 5.69 Å². The first kappa shape index (κ1) is 11.9. The summed E-state index contributed by atoms with van der Waals surface area (Å²) in [4.78, 5) is 0. The lowest BCUT2D eigenvalue weighted by Gasteiger charge is -2.21. The molecule has 20 heavy (non-hydrogen) atoms. The van der Waals surface area contributed by atoms with E-state index in [1.54, 1.807) is 12.1 Å². The van der Waals surface area contributed by atoms with Crippen LogP contribution in [0.3, 0.4) is 0 Å². The SMILES string of the molecule is Nc1cc(-c2cc3c(cc2Cl)OC2(CCCC2)O3)no1. The number of anilines is 1. The second-order valence-corrected chi connectivity index (χ2v) is 5.62. The first-order valence-electron chi connectivity index (χ1n) is 6.59. The topological polar surface area (TPSA) is 70.5 Å². The summed E-state index contributed by atoms with van der Waals surface area (Å²) in [5.74, 6) is 1.15. The minimum absolute atomic E-state index is 0.251. The first-order chi connectivity index (χ1) is 9.65. The van der Waals surface area contributed by atoms with E-state index in [0.29, 0.717) is 22.2 Å². The Labute approximate surface area is 120 Å². The van der Waals surface area contributed by atoms with E-state index in [2.05, 4.69) is 5.16 Å². The molecule has 1 fully saturated rings. The molecule has 1 spiro atoms. The maximum Gasteiger partial charge on any atom is 0.251 e. The summed E-state index contributed by atoms with van der Waals surface area (Å²) in [6, 6.07) is 5.24. The molecule has 1 aromatic heterocycles. The summed E-state index contributed by atoms with van der Waals surface area (Å²) in [6.45, 7) is 0. The van der Waals surface area contributed by atoms with E-state index >= 15 is 0 Å². The maximum atomic E-state index is 6.29. The fraction of sp³-hybridized carbons (Fsp3) is 0.357. The molecule has 1 aromatic carbocycles. The van der Waals surface area contributed by atoms with Crippen LogP contribution in [0, 0.1) is 0 Å². The van der Waals surface area contributed by atoms with Gasteiger partial charge in [0.25, 0.3) is 5.79 Å². The molecule has 0 saturated heterocycles. The molecule has 2 aliphatic rings. The van der Waals surface area contributed by atoms with Crippen LogP contribution >= 0.6 is 11.6 Å². The van der Waals surface area contributed by atoms with Crippen molar-refractivity contribution in [3.8, 4) is 22.8 Å². The average molecular weight is 293 g/mol. The lowest BCUT2D eigenvalue weighted by Crippen LogP contribution is -2.34. The zero-order chi connectivity index (χ0) is 13.7. The molecule has 4 rings (SSSR count). The summed E-state index contributed by atoms with van der Waals surface area (Å²) < 4.78 is 16.8. The molecule has 0 radical (unpaired) electrons. The number of nitrogens with two attached hydrogens (primary N) is 1. The molecular formula is C14H13ClN2O3.